The minimum atomic E-state index is 0.225. The lowest BCUT2D eigenvalue weighted by molar-refractivity contribution is 0.0534. The predicted molar refractivity (Wildman–Crippen MR) is 74.5 cm³/mol. The second-order valence-electron chi connectivity index (χ2n) is 4.13. The van der Waals surface area contributed by atoms with Crippen molar-refractivity contribution in [2.24, 2.45) is 0 Å². The molecule has 1 heterocycles. The largest absolute Gasteiger partial charge is 0.475 e. The third-order valence-electron chi connectivity index (χ3n) is 2.68. The number of pyridine rings is 1. The topological polar surface area (TPSA) is 52.6 Å². The Labute approximate surface area is 115 Å². The summed E-state index contributed by atoms with van der Waals surface area (Å²) in [5.41, 5.74) is 1.07. The number of nitrogens with one attached hydrogen (secondary N) is 1. The molecule has 0 spiro atoms. The Morgan fingerprint density at radius 2 is 2.05 bits per heavy atom. The summed E-state index contributed by atoms with van der Waals surface area (Å²) in [5, 5.41) is 3.35. The van der Waals surface area contributed by atoms with Gasteiger partial charge in [-0.2, -0.15) is 0 Å². The zero-order valence-electron chi connectivity index (χ0n) is 12.0. The minimum Gasteiger partial charge on any atom is -0.475 e. The smallest absolute Gasteiger partial charge is 0.218 e. The molecule has 1 atom stereocenters. The van der Waals surface area contributed by atoms with Crippen molar-refractivity contribution < 1.29 is 14.2 Å². The fraction of sp³-hybridized carbons (Fsp3) is 0.643. The van der Waals surface area contributed by atoms with Crippen LogP contribution < -0.4 is 10.1 Å². The van der Waals surface area contributed by atoms with E-state index in [1.165, 1.54) is 0 Å². The van der Waals surface area contributed by atoms with Gasteiger partial charge in [-0.3, -0.25) is 0 Å². The maximum absolute atomic E-state index is 5.67. The third kappa shape index (κ3) is 6.00. The van der Waals surface area contributed by atoms with Crippen LogP contribution in [-0.2, 0) is 9.47 Å². The maximum Gasteiger partial charge on any atom is 0.218 e. The highest BCUT2D eigenvalue weighted by Gasteiger charge is 2.11. The normalized spacial score (nSPS) is 12.4. The molecule has 0 fully saturated rings. The van der Waals surface area contributed by atoms with Crippen molar-refractivity contribution in [3.63, 3.8) is 0 Å². The van der Waals surface area contributed by atoms with Crippen LogP contribution in [0.25, 0.3) is 0 Å². The van der Waals surface area contributed by atoms with Crippen LogP contribution in [0, 0.1) is 0 Å². The fourth-order valence-electron chi connectivity index (χ4n) is 1.71. The molecule has 1 rings (SSSR count). The molecule has 1 N–H and O–H groups in total. The molecule has 108 valence electrons. The summed E-state index contributed by atoms with van der Waals surface area (Å²) in [5.74, 6) is 0.672. The van der Waals surface area contributed by atoms with Crippen molar-refractivity contribution in [3.05, 3.63) is 23.9 Å². The van der Waals surface area contributed by atoms with Crippen LogP contribution >= 0.6 is 0 Å². The Hall–Kier alpha value is -1.17. The Morgan fingerprint density at radius 3 is 2.79 bits per heavy atom. The summed E-state index contributed by atoms with van der Waals surface area (Å²) < 4.78 is 15.9. The van der Waals surface area contributed by atoms with E-state index in [2.05, 4.69) is 24.1 Å². The summed E-state index contributed by atoms with van der Waals surface area (Å²) in [6.07, 6.45) is 1.74. The molecule has 0 aliphatic heterocycles. The average molecular weight is 268 g/mol. The Bertz CT molecular complexity index is 347. The number of hydrogen-bond acceptors (Lipinski definition) is 5. The van der Waals surface area contributed by atoms with Gasteiger partial charge in [0.1, 0.15) is 6.61 Å². The zero-order valence-corrected chi connectivity index (χ0v) is 12.0. The second-order valence-corrected chi connectivity index (χ2v) is 4.13. The summed E-state index contributed by atoms with van der Waals surface area (Å²) >= 11 is 0. The van der Waals surface area contributed by atoms with Crippen LogP contribution in [0.5, 0.6) is 5.88 Å². The lowest BCUT2D eigenvalue weighted by atomic mass is 10.1. The molecule has 0 amide bonds. The number of aromatic nitrogens is 1. The summed E-state index contributed by atoms with van der Waals surface area (Å²) in [7, 11) is 1.65. The first-order valence-corrected chi connectivity index (χ1v) is 6.67. The molecule has 5 nitrogen and oxygen atoms in total. The van der Waals surface area contributed by atoms with Gasteiger partial charge in [-0.05, 0) is 19.5 Å². The van der Waals surface area contributed by atoms with Crippen molar-refractivity contribution in [1.82, 2.24) is 10.3 Å². The van der Waals surface area contributed by atoms with Crippen molar-refractivity contribution in [1.29, 1.82) is 0 Å². The molecule has 19 heavy (non-hydrogen) atoms. The van der Waals surface area contributed by atoms with Gasteiger partial charge in [-0.1, -0.05) is 13.0 Å². The Balaban J connectivity index is 2.40. The first-order chi connectivity index (χ1) is 9.29. The van der Waals surface area contributed by atoms with E-state index in [9.17, 15) is 0 Å². The highest BCUT2D eigenvalue weighted by molar-refractivity contribution is 5.28. The third-order valence-corrected chi connectivity index (χ3v) is 2.68. The van der Waals surface area contributed by atoms with E-state index in [-0.39, 0.29) is 6.04 Å². The molecule has 0 aliphatic carbocycles. The molecular formula is C14H24N2O3. The molecule has 0 radical (unpaired) electrons. The molecule has 0 saturated heterocycles. The number of rotatable bonds is 10. The van der Waals surface area contributed by atoms with Gasteiger partial charge in [0, 0.05) is 24.9 Å². The Morgan fingerprint density at radius 1 is 1.26 bits per heavy atom. The van der Waals surface area contributed by atoms with Gasteiger partial charge in [0.15, 0.2) is 0 Å². The average Bonchev–Trinajstić information content (AvgIpc) is 2.43. The van der Waals surface area contributed by atoms with E-state index in [1.807, 2.05) is 12.1 Å². The first-order valence-electron chi connectivity index (χ1n) is 6.67. The zero-order chi connectivity index (χ0) is 13.9. The van der Waals surface area contributed by atoms with Gasteiger partial charge in [0.25, 0.3) is 0 Å². The van der Waals surface area contributed by atoms with E-state index in [0.29, 0.717) is 32.3 Å². The molecule has 5 heteroatoms. The van der Waals surface area contributed by atoms with Crippen molar-refractivity contribution in [2.75, 3.05) is 40.1 Å². The molecule has 0 saturated carbocycles. The van der Waals surface area contributed by atoms with E-state index in [4.69, 9.17) is 14.2 Å². The maximum atomic E-state index is 5.67. The highest BCUT2D eigenvalue weighted by atomic mass is 16.5. The van der Waals surface area contributed by atoms with Crippen LogP contribution in [0.4, 0.5) is 0 Å². The minimum absolute atomic E-state index is 0.225. The van der Waals surface area contributed by atoms with E-state index in [1.54, 1.807) is 13.3 Å². The van der Waals surface area contributed by atoms with Gasteiger partial charge in [-0.25, -0.2) is 4.98 Å². The number of methoxy groups -OCH3 is 1. The molecule has 0 aliphatic rings. The molecule has 1 aromatic rings. The molecule has 0 bridgehead atoms. The van der Waals surface area contributed by atoms with Crippen LogP contribution in [0.2, 0.25) is 0 Å². The Kier molecular flexibility index (Phi) is 8.13. The lowest BCUT2D eigenvalue weighted by Crippen LogP contribution is -2.19. The predicted octanol–water partition coefficient (Wildman–Crippen LogP) is 1.79. The van der Waals surface area contributed by atoms with E-state index < -0.39 is 0 Å². The summed E-state index contributed by atoms with van der Waals surface area (Å²) in [6.45, 7) is 7.31. The van der Waals surface area contributed by atoms with Gasteiger partial charge in [0.2, 0.25) is 5.88 Å². The number of nitrogens with zero attached hydrogens (tertiary/aromatic N) is 1. The van der Waals surface area contributed by atoms with Gasteiger partial charge in [0.05, 0.1) is 19.8 Å². The van der Waals surface area contributed by atoms with Crippen LogP contribution in [-0.4, -0.2) is 45.1 Å². The molecule has 0 aromatic carbocycles. The van der Waals surface area contributed by atoms with Gasteiger partial charge >= 0.3 is 0 Å². The fourth-order valence-corrected chi connectivity index (χ4v) is 1.71. The van der Waals surface area contributed by atoms with Gasteiger partial charge < -0.3 is 19.5 Å². The van der Waals surface area contributed by atoms with Crippen LogP contribution in [0.1, 0.15) is 25.5 Å². The summed E-state index contributed by atoms with van der Waals surface area (Å²) in [4.78, 5) is 4.27. The van der Waals surface area contributed by atoms with Gasteiger partial charge in [-0.15, -0.1) is 0 Å². The van der Waals surface area contributed by atoms with Crippen molar-refractivity contribution >= 4 is 0 Å². The van der Waals surface area contributed by atoms with E-state index >= 15 is 0 Å². The lowest BCUT2D eigenvalue weighted by Gasteiger charge is -2.16. The number of hydrogen-bond donors (Lipinski definition) is 1. The highest BCUT2D eigenvalue weighted by Crippen LogP contribution is 2.21. The molecular weight excluding hydrogens is 244 g/mol. The monoisotopic (exact) mass is 268 g/mol. The number of ether oxygens (including phenoxy) is 3. The standard InChI is InChI=1S/C14H24N2O3/c1-4-15-12(2)13-6-5-7-16-14(13)19-11-10-18-9-8-17-3/h5-7,12,15H,4,8-11H2,1-3H3. The first kappa shape index (κ1) is 15.9. The van der Waals surface area contributed by atoms with Crippen LogP contribution in [0.15, 0.2) is 18.3 Å². The molecule has 1 aromatic heterocycles. The SMILES string of the molecule is CCNC(C)c1cccnc1OCCOCCOC. The quantitative estimate of drug-likeness (QED) is 0.656. The van der Waals surface area contributed by atoms with E-state index in [0.717, 1.165) is 12.1 Å². The molecule has 1 unspecified atom stereocenters. The summed E-state index contributed by atoms with van der Waals surface area (Å²) in [6, 6.07) is 4.18. The van der Waals surface area contributed by atoms with Crippen LogP contribution in [0.3, 0.4) is 0 Å². The van der Waals surface area contributed by atoms with Crippen molar-refractivity contribution in [3.8, 4) is 5.88 Å². The second kappa shape index (κ2) is 9.72. The van der Waals surface area contributed by atoms with Crippen molar-refractivity contribution in [2.45, 2.75) is 19.9 Å².